The van der Waals surface area contributed by atoms with Gasteiger partial charge >= 0.3 is 0 Å². The van der Waals surface area contributed by atoms with Gasteiger partial charge in [-0.15, -0.1) is 0 Å². The normalized spacial score (nSPS) is 12.5. The molecule has 166 valence electrons. The van der Waals surface area contributed by atoms with Crippen molar-refractivity contribution in [2.45, 2.75) is 71.4 Å². The lowest BCUT2D eigenvalue weighted by atomic mass is 10.0. The van der Waals surface area contributed by atoms with Crippen LogP contribution in [0.25, 0.3) is 0 Å². The first-order valence-corrected chi connectivity index (χ1v) is 10.1. The highest BCUT2D eigenvalue weighted by molar-refractivity contribution is 5.92. The molecule has 0 radical (unpaired) electrons. The Hall–Kier alpha value is -2.49. The zero-order valence-corrected chi connectivity index (χ0v) is 17.6. The summed E-state index contributed by atoms with van der Waals surface area (Å²) in [6.45, 7) is 6.16. The average molecular weight is 414 g/mol. The van der Waals surface area contributed by atoms with Gasteiger partial charge < -0.3 is 27.0 Å². The molecule has 0 fully saturated rings. The lowest BCUT2D eigenvalue weighted by Crippen LogP contribution is -2.47. The van der Waals surface area contributed by atoms with Crippen molar-refractivity contribution in [1.29, 1.82) is 0 Å². The van der Waals surface area contributed by atoms with Crippen molar-refractivity contribution in [3.63, 3.8) is 0 Å². The van der Waals surface area contributed by atoms with Crippen LogP contribution in [-0.4, -0.2) is 61.1 Å². The summed E-state index contributed by atoms with van der Waals surface area (Å²) < 4.78 is 0. The van der Waals surface area contributed by atoms with Crippen LogP contribution >= 0.6 is 0 Å². The van der Waals surface area contributed by atoms with Crippen molar-refractivity contribution in [3.8, 4) is 0 Å². The van der Waals surface area contributed by atoms with E-state index in [1.807, 2.05) is 13.8 Å². The molecule has 10 nitrogen and oxygen atoms in total. The minimum Gasteiger partial charge on any atom is -0.368 e. The summed E-state index contributed by atoms with van der Waals surface area (Å²) in [6, 6.07) is -1.66. The zero-order valence-electron chi connectivity index (χ0n) is 17.6. The molecule has 0 spiro atoms. The maximum atomic E-state index is 12.1. The van der Waals surface area contributed by atoms with E-state index in [0.717, 1.165) is 6.42 Å². The molecule has 0 saturated heterocycles. The molecular formula is C19H35N5O5. The fourth-order valence-electron chi connectivity index (χ4n) is 2.61. The summed E-state index contributed by atoms with van der Waals surface area (Å²) in [7, 11) is 0. The van der Waals surface area contributed by atoms with E-state index < -0.39 is 18.0 Å². The van der Waals surface area contributed by atoms with Gasteiger partial charge in [-0.25, -0.2) is 0 Å². The summed E-state index contributed by atoms with van der Waals surface area (Å²) in [5.74, 6) is -1.90. The number of amides is 4. The predicted molar refractivity (Wildman–Crippen MR) is 109 cm³/mol. The van der Waals surface area contributed by atoms with Gasteiger partial charge in [0.15, 0.2) is 5.78 Å². The van der Waals surface area contributed by atoms with Crippen LogP contribution in [0.15, 0.2) is 0 Å². The van der Waals surface area contributed by atoms with Gasteiger partial charge in [-0.2, -0.15) is 0 Å². The molecule has 29 heavy (non-hydrogen) atoms. The third-order valence-electron chi connectivity index (χ3n) is 4.03. The second kappa shape index (κ2) is 15.4. The van der Waals surface area contributed by atoms with Crippen LogP contribution in [0.1, 0.15) is 59.3 Å². The summed E-state index contributed by atoms with van der Waals surface area (Å²) in [5.41, 5.74) is 5.32. The van der Waals surface area contributed by atoms with Gasteiger partial charge in [-0.3, -0.25) is 24.0 Å². The highest BCUT2D eigenvalue weighted by Gasteiger charge is 2.22. The van der Waals surface area contributed by atoms with E-state index in [4.69, 9.17) is 5.73 Å². The molecule has 0 aromatic rings. The third kappa shape index (κ3) is 13.3. The van der Waals surface area contributed by atoms with Crippen molar-refractivity contribution < 1.29 is 24.0 Å². The summed E-state index contributed by atoms with van der Waals surface area (Å²) in [5, 5.41) is 10.6. The first-order valence-electron chi connectivity index (χ1n) is 10.1. The number of hydrogen-bond acceptors (Lipinski definition) is 6. The molecule has 0 heterocycles. The van der Waals surface area contributed by atoms with Crippen molar-refractivity contribution in [2.75, 3.05) is 19.6 Å². The minimum atomic E-state index is -0.847. The first kappa shape index (κ1) is 26.5. The van der Waals surface area contributed by atoms with Gasteiger partial charge in [0.1, 0.15) is 6.04 Å². The lowest BCUT2D eigenvalue weighted by molar-refractivity contribution is -0.130. The van der Waals surface area contributed by atoms with E-state index in [-0.39, 0.29) is 55.9 Å². The highest BCUT2D eigenvalue weighted by atomic mass is 16.2. The van der Waals surface area contributed by atoms with E-state index in [1.165, 1.54) is 6.92 Å². The number of rotatable bonds is 16. The SMILES string of the molecule is CCCNCC(=O)N[C@@H](CCCNC(=O)C[C@H](NC(C)=O)C(=O)CCC)C(N)=O. The number of carbonyl (C=O) groups is 5. The molecule has 0 aliphatic heterocycles. The van der Waals surface area contributed by atoms with E-state index in [9.17, 15) is 24.0 Å². The van der Waals surface area contributed by atoms with Crippen LogP contribution in [0.3, 0.4) is 0 Å². The van der Waals surface area contributed by atoms with E-state index in [1.54, 1.807) is 0 Å². The van der Waals surface area contributed by atoms with Gasteiger partial charge in [0, 0.05) is 19.9 Å². The van der Waals surface area contributed by atoms with Gasteiger partial charge in [-0.1, -0.05) is 13.8 Å². The Morgan fingerprint density at radius 3 is 2.14 bits per heavy atom. The number of nitrogens with one attached hydrogen (secondary N) is 4. The summed E-state index contributed by atoms with van der Waals surface area (Å²) >= 11 is 0. The topological polar surface area (TPSA) is 159 Å². The maximum Gasteiger partial charge on any atom is 0.240 e. The van der Waals surface area contributed by atoms with E-state index in [0.29, 0.717) is 19.4 Å². The monoisotopic (exact) mass is 413 g/mol. The molecule has 0 rings (SSSR count). The molecule has 6 N–H and O–H groups in total. The fraction of sp³-hybridized carbons (Fsp3) is 0.737. The minimum absolute atomic E-state index is 0.102. The first-order chi connectivity index (χ1) is 13.7. The lowest BCUT2D eigenvalue weighted by Gasteiger charge is -2.17. The van der Waals surface area contributed by atoms with Crippen LogP contribution < -0.4 is 27.0 Å². The van der Waals surface area contributed by atoms with Crippen LogP contribution in [0, 0.1) is 0 Å². The van der Waals surface area contributed by atoms with Gasteiger partial charge in [0.2, 0.25) is 23.6 Å². The van der Waals surface area contributed by atoms with Crippen LogP contribution in [0.5, 0.6) is 0 Å². The highest BCUT2D eigenvalue weighted by Crippen LogP contribution is 2.02. The largest absolute Gasteiger partial charge is 0.368 e. The molecule has 0 aliphatic rings. The van der Waals surface area contributed by atoms with Crippen molar-refractivity contribution in [3.05, 3.63) is 0 Å². The second-order valence-electron chi connectivity index (χ2n) is 6.86. The molecule has 0 aromatic carbocycles. The molecule has 2 atom stereocenters. The standard InChI is InChI=1S/C19H35N5O5/c1-4-7-16(26)15(23-13(3)25)11-17(27)22-10-6-8-14(19(20)29)24-18(28)12-21-9-5-2/h14-15,21H,4-12H2,1-3H3,(H2,20,29)(H,22,27)(H,23,25)(H,24,28)/t14-,15-/m0/s1. The molecule has 4 amide bonds. The van der Waals surface area contributed by atoms with Gasteiger partial charge in [0.25, 0.3) is 0 Å². The number of Topliss-reactive ketones (excluding diaryl/α,β-unsaturated/α-hetero) is 1. The Labute approximate surface area is 172 Å². The van der Waals surface area contributed by atoms with Crippen molar-refractivity contribution >= 4 is 29.4 Å². The Kier molecular flexibility index (Phi) is 14.1. The Balaban J connectivity index is 4.36. The Morgan fingerprint density at radius 2 is 1.59 bits per heavy atom. The molecule has 0 aliphatic carbocycles. The van der Waals surface area contributed by atoms with E-state index in [2.05, 4.69) is 21.3 Å². The molecule has 0 bridgehead atoms. The smallest absolute Gasteiger partial charge is 0.240 e. The predicted octanol–water partition coefficient (Wildman–Crippen LogP) is -0.883. The number of carbonyl (C=O) groups excluding carboxylic acids is 5. The number of primary amides is 1. The summed E-state index contributed by atoms with van der Waals surface area (Å²) in [6.07, 6.45) is 2.35. The Bertz CT molecular complexity index is 567. The second-order valence-corrected chi connectivity index (χ2v) is 6.86. The van der Waals surface area contributed by atoms with Crippen LogP contribution in [-0.2, 0) is 24.0 Å². The third-order valence-corrected chi connectivity index (χ3v) is 4.03. The van der Waals surface area contributed by atoms with Crippen LogP contribution in [0.4, 0.5) is 0 Å². The molecule has 0 aromatic heterocycles. The molecule has 0 saturated carbocycles. The Morgan fingerprint density at radius 1 is 0.897 bits per heavy atom. The maximum absolute atomic E-state index is 12.1. The number of ketones is 1. The van der Waals surface area contributed by atoms with Crippen molar-refractivity contribution in [1.82, 2.24) is 21.3 Å². The van der Waals surface area contributed by atoms with E-state index >= 15 is 0 Å². The number of nitrogens with two attached hydrogens (primary N) is 1. The number of hydrogen-bond donors (Lipinski definition) is 5. The molecule has 0 unspecified atom stereocenters. The average Bonchev–Trinajstić information content (AvgIpc) is 2.63. The quantitative estimate of drug-likeness (QED) is 0.207. The zero-order chi connectivity index (χ0) is 22.2. The molecule has 10 heteroatoms. The fourth-order valence-corrected chi connectivity index (χ4v) is 2.61. The van der Waals surface area contributed by atoms with Gasteiger partial charge in [0.05, 0.1) is 19.0 Å². The van der Waals surface area contributed by atoms with Crippen LogP contribution in [0.2, 0.25) is 0 Å². The molecular weight excluding hydrogens is 378 g/mol. The van der Waals surface area contributed by atoms with Crippen molar-refractivity contribution in [2.24, 2.45) is 5.73 Å². The summed E-state index contributed by atoms with van der Waals surface area (Å²) in [4.78, 5) is 58.6. The van der Waals surface area contributed by atoms with Gasteiger partial charge in [-0.05, 0) is 32.2 Å².